The third kappa shape index (κ3) is 2.57. The Morgan fingerprint density at radius 1 is 0.737 bits per heavy atom. The van der Waals surface area contributed by atoms with Crippen molar-refractivity contribution in [3.8, 4) is 0 Å². The second-order valence-corrected chi connectivity index (χ2v) is 4.00. The van der Waals surface area contributed by atoms with Crippen molar-refractivity contribution < 1.29 is 0 Å². The van der Waals surface area contributed by atoms with E-state index in [0.717, 1.165) is 21.9 Å². The molecule has 0 radical (unpaired) electrons. The Kier molecular flexibility index (Phi) is 3.14. The largest absolute Gasteiger partial charge is 0.278 e. The van der Waals surface area contributed by atoms with Crippen molar-refractivity contribution in [3.63, 3.8) is 0 Å². The number of H-pyrrole nitrogens is 1. The van der Waals surface area contributed by atoms with Crippen LogP contribution in [0.25, 0.3) is 21.9 Å². The number of hydrogen-bond donors (Lipinski definition) is 1. The molecule has 0 atom stereocenters. The molecule has 0 unspecified atom stereocenters. The van der Waals surface area contributed by atoms with Crippen LogP contribution < -0.4 is 0 Å². The molecule has 0 aliphatic rings. The van der Waals surface area contributed by atoms with Gasteiger partial charge in [0.05, 0.1) is 22.7 Å². The molecule has 0 spiro atoms. The first-order valence-electron chi connectivity index (χ1n) is 5.97. The fraction of sp³-hybridized carbons (Fsp3) is 0. The van der Waals surface area contributed by atoms with Crippen molar-refractivity contribution in [1.29, 1.82) is 0 Å². The van der Waals surface area contributed by atoms with Crippen molar-refractivity contribution in [3.05, 3.63) is 67.1 Å². The fourth-order valence-electron chi connectivity index (χ4n) is 1.79. The molecule has 0 saturated carbocycles. The lowest BCUT2D eigenvalue weighted by molar-refractivity contribution is 1.12. The molecular formula is C15H12N4. The van der Waals surface area contributed by atoms with Crippen LogP contribution in [0.5, 0.6) is 0 Å². The molecule has 0 fully saturated rings. The second-order valence-electron chi connectivity index (χ2n) is 4.00. The lowest BCUT2D eigenvalue weighted by Crippen LogP contribution is -1.78. The quantitative estimate of drug-likeness (QED) is 0.520. The van der Waals surface area contributed by atoms with Crippen molar-refractivity contribution >= 4 is 21.9 Å². The van der Waals surface area contributed by atoms with Gasteiger partial charge in [0.1, 0.15) is 0 Å². The average molecular weight is 248 g/mol. The highest BCUT2D eigenvalue weighted by molar-refractivity contribution is 5.77. The first-order chi connectivity index (χ1) is 9.43. The summed E-state index contributed by atoms with van der Waals surface area (Å²) >= 11 is 0. The Balaban J connectivity index is 0.000000117. The van der Waals surface area contributed by atoms with Gasteiger partial charge in [0.2, 0.25) is 0 Å². The summed E-state index contributed by atoms with van der Waals surface area (Å²) in [6, 6.07) is 15.8. The number of aromatic nitrogens is 4. The minimum absolute atomic E-state index is 0.949. The predicted molar refractivity (Wildman–Crippen MR) is 75.6 cm³/mol. The summed E-state index contributed by atoms with van der Waals surface area (Å²) in [5.74, 6) is 0. The normalized spacial score (nSPS) is 10.1. The highest BCUT2D eigenvalue weighted by Gasteiger charge is 1.88. The fourth-order valence-corrected chi connectivity index (χ4v) is 1.79. The molecule has 19 heavy (non-hydrogen) atoms. The predicted octanol–water partition coefficient (Wildman–Crippen LogP) is 3.19. The maximum atomic E-state index is 4.12. The van der Waals surface area contributed by atoms with E-state index in [1.807, 2.05) is 54.7 Å². The average Bonchev–Trinajstić information content (AvgIpc) is 2.96. The third-order valence-corrected chi connectivity index (χ3v) is 2.73. The molecule has 4 heteroatoms. The maximum absolute atomic E-state index is 4.12. The van der Waals surface area contributed by atoms with Gasteiger partial charge in [0.15, 0.2) is 0 Å². The summed E-state index contributed by atoms with van der Waals surface area (Å²) in [5.41, 5.74) is 2.99. The van der Waals surface area contributed by atoms with Gasteiger partial charge in [-0.1, -0.05) is 30.3 Å². The molecular weight excluding hydrogens is 236 g/mol. The minimum atomic E-state index is 0.949. The summed E-state index contributed by atoms with van der Waals surface area (Å²) in [6.07, 6.45) is 5.21. The molecule has 2 aromatic heterocycles. The summed E-state index contributed by atoms with van der Waals surface area (Å²) in [5, 5.41) is 7.91. The molecule has 4 rings (SSSR count). The summed E-state index contributed by atoms with van der Waals surface area (Å²) in [4.78, 5) is 8.24. The number of nitrogens with one attached hydrogen (secondary N) is 1. The van der Waals surface area contributed by atoms with E-state index in [1.54, 1.807) is 12.4 Å². The molecule has 92 valence electrons. The van der Waals surface area contributed by atoms with Gasteiger partial charge >= 0.3 is 0 Å². The van der Waals surface area contributed by atoms with E-state index in [-0.39, 0.29) is 0 Å². The Labute approximate surface area is 110 Å². The van der Waals surface area contributed by atoms with Crippen LogP contribution in [-0.2, 0) is 0 Å². The van der Waals surface area contributed by atoms with Crippen molar-refractivity contribution in [2.24, 2.45) is 0 Å². The van der Waals surface area contributed by atoms with Gasteiger partial charge < -0.3 is 0 Å². The van der Waals surface area contributed by atoms with E-state index in [4.69, 9.17) is 0 Å². The zero-order chi connectivity index (χ0) is 12.9. The van der Waals surface area contributed by atoms with Gasteiger partial charge in [-0.2, -0.15) is 5.10 Å². The molecule has 0 saturated heterocycles. The zero-order valence-corrected chi connectivity index (χ0v) is 10.2. The third-order valence-electron chi connectivity index (χ3n) is 2.73. The van der Waals surface area contributed by atoms with Crippen molar-refractivity contribution in [2.75, 3.05) is 0 Å². The van der Waals surface area contributed by atoms with E-state index < -0.39 is 0 Å². The summed E-state index contributed by atoms with van der Waals surface area (Å²) in [6.45, 7) is 0. The van der Waals surface area contributed by atoms with E-state index in [1.165, 1.54) is 0 Å². The molecule has 4 aromatic rings. The van der Waals surface area contributed by atoms with Gasteiger partial charge in [-0.25, -0.2) is 0 Å². The number of benzene rings is 2. The monoisotopic (exact) mass is 248 g/mol. The van der Waals surface area contributed by atoms with Crippen LogP contribution in [0.4, 0.5) is 0 Å². The van der Waals surface area contributed by atoms with E-state index in [0.29, 0.717) is 0 Å². The molecule has 0 aliphatic carbocycles. The lowest BCUT2D eigenvalue weighted by atomic mass is 10.3. The van der Waals surface area contributed by atoms with Gasteiger partial charge in [-0.3, -0.25) is 15.1 Å². The molecule has 4 nitrogen and oxygen atoms in total. The molecule has 2 heterocycles. The van der Waals surface area contributed by atoms with Crippen LogP contribution >= 0.6 is 0 Å². The van der Waals surface area contributed by atoms with Gasteiger partial charge in [-0.15, -0.1) is 0 Å². The Hall–Kier alpha value is -2.75. The maximum Gasteiger partial charge on any atom is 0.0886 e. The first-order valence-corrected chi connectivity index (χ1v) is 5.97. The van der Waals surface area contributed by atoms with Crippen molar-refractivity contribution in [2.45, 2.75) is 0 Å². The Morgan fingerprint density at radius 2 is 1.37 bits per heavy atom. The van der Waals surface area contributed by atoms with E-state index in [9.17, 15) is 0 Å². The van der Waals surface area contributed by atoms with Gasteiger partial charge in [-0.05, 0) is 18.2 Å². The summed E-state index contributed by atoms with van der Waals surface area (Å²) < 4.78 is 0. The van der Waals surface area contributed by atoms with Gasteiger partial charge in [0, 0.05) is 17.8 Å². The van der Waals surface area contributed by atoms with Crippen LogP contribution in [-0.4, -0.2) is 20.2 Å². The minimum Gasteiger partial charge on any atom is -0.278 e. The van der Waals surface area contributed by atoms with Crippen molar-refractivity contribution in [1.82, 2.24) is 20.2 Å². The first kappa shape index (κ1) is 11.3. The zero-order valence-electron chi connectivity index (χ0n) is 10.2. The van der Waals surface area contributed by atoms with Gasteiger partial charge in [0.25, 0.3) is 0 Å². The smallest absolute Gasteiger partial charge is 0.0886 e. The topological polar surface area (TPSA) is 54.5 Å². The van der Waals surface area contributed by atoms with Crippen LogP contribution in [0.1, 0.15) is 0 Å². The molecule has 0 amide bonds. The highest BCUT2D eigenvalue weighted by atomic mass is 15.1. The Morgan fingerprint density at radius 3 is 2.05 bits per heavy atom. The van der Waals surface area contributed by atoms with Crippen LogP contribution in [0, 0.1) is 0 Å². The molecule has 0 aliphatic heterocycles. The standard InChI is InChI=1S/C8H6N2.C7H6N2/c1-2-4-8-7(3-1)9-5-6-10-8;1-2-4-7-6(3-1)5-8-9-7/h1-6H;1-5H,(H,8,9). The van der Waals surface area contributed by atoms with Crippen LogP contribution in [0.2, 0.25) is 0 Å². The van der Waals surface area contributed by atoms with E-state index >= 15 is 0 Å². The van der Waals surface area contributed by atoms with E-state index in [2.05, 4.69) is 20.2 Å². The number of para-hydroxylation sites is 3. The number of fused-ring (bicyclic) bond motifs is 2. The second kappa shape index (κ2) is 5.27. The number of nitrogens with zero attached hydrogens (tertiary/aromatic N) is 3. The SMILES string of the molecule is c1ccc2[nH]ncc2c1.c1ccc2nccnc2c1. The number of aromatic amines is 1. The highest BCUT2D eigenvalue weighted by Crippen LogP contribution is 2.07. The summed E-state index contributed by atoms with van der Waals surface area (Å²) in [7, 11) is 0. The molecule has 1 N–H and O–H groups in total. The molecule has 0 bridgehead atoms. The Bertz CT molecular complexity index is 696. The molecule has 2 aromatic carbocycles. The number of rotatable bonds is 0. The number of hydrogen-bond acceptors (Lipinski definition) is 3. The van der Waals surface area contributed by atoms with Crippen LogP contribution in [0.15, 0.2) is 67.1 Å². The van der Waals surface area contributed by atoms with Crippen LogP contribution in [0.3, 0.4) is 0 Å². The lowest BCUT2D eigenvalue weighted by Gasteiger charge is -1.90.